The number of hydrogen-bond acceptors (Lipinski definition) is 3. The molecule has 1 rings (SSSR count). The first kappa shape index (κ1) is 15.1. The Morgan fingerprint density at radius 2 is 2.00 bits per heavy atom. The molecule has 1 aromatic carbocycles. The Kier molecular flexibility index (Phi) is 6.86. The number of halogens is 1. The van der Waals surface area contributed by atoms with Gasteiger partial charge >= 0.3 is 0 Å². The number of nitrogens with one attached hydrogen (secondary N) is 1. The largest absolute Gasteiger partial charge is 0.382 e. The van der Waals surface area contributed by atoms with E-state index in [2.05, 4.69) is 19.2 Å². The second-order valence-corrected chi connectivity index (χ2v) is 4.54. The Hall–Kier alpha value is -0.970. The second-order valence-electron chi connectivity index (χ2n) is 4.54. The van der Waals surface area contributed by atoms with Gasteiger partial charge in [-0.3, -0.25) is 0 Å². The van der Waals surface area contributed by atoms with Gasteiger partial charge in [-0.1, -0.05) is 32.0 Å². The highest BCUT2D eigenvalue weighted by atomic mass is 19.1. The number of methoxy groups -OCH3 is 1. The van der Waals surface area contributed by atoms with Gasteiger partial charge in [0.05, 0.1) is 19.3 Å². The molecule has 0 spiro atoms. The molecule has 3 nitrogen and oxygen atoms in total. The van der Waals surface area contributed by atoms with E-state index in [0.717, 1.165) is 0 Å². The van der Waals surface area contributed by atoms with Gasteiger partial charge in [0.25, 0.3) is 0 Å². The van der Waals surface area contributed by atoms with Crippen LogP contribution in [0.3, 0.4) is 0 Å². The van der Waals surface area contributed by atoms with E-state index in [-0.39, 0.29) is 18.5 Å². The molecule has 1 atom stereocenters. The van der Waals surface area contributed by atoms with Gasteiger partial charge in [-0.2, -0.15) is 0 Å². The van der Waals surface area contributed by atoms with Crippen molar-refractivity contribution in [3.8, 4) is 0 Å². The van der Waals surface area contributed by atoms with Crippen molar-refractivity contribution in [2.75, 3.05) is 20.3 Å². The van der Waals surface area contributed by atoms with E-state index >= 15 is 0 Å². The minimum absolute atomic E-state index is 0.0722. The van der Waals surface area contributed by atoms with E-state index in [9.17, 15) is 4.39 Å². The van der Waals surface area contributed by atoms with E-state index in [1.807, 2.05) is 0 Å². The normalized spacial score (nSPS) is 12.9. The average Bonchev–Trinajstić information content (AvgIpc) is 2.34. The highest BCUT2D eigenvalue weighted by molar-refractivity contribution is 5.16. The van der Waals surface area contributed by atoms with Crippen molar-refractivity contribution in [2.45, 2.75) is 32.6 Å². The predicted octanol–water partition coefficient (Wildman–Crippen LogP) is 2.36. The summed E-state index contributed by atoms with van der Waals surface area (Å²) in [4.78, 5) is 0. The number of hydrogen-bond donors (Lipinski definition) is 1. The predicted molar refractivity (Wildman–Crippen MR) is 70.0 cm³/mol. The quantitative estimate of drug-likeness (QED) is 0.773. The topological polar surface area (TPSA) is 30.5 Å². The van der Waals surface area contributed by atoms with Crippen LogP contribution in [0.2, 0.25) is 0 Å². The molecule has 0 saturated carbocycles. The van der Waals surface area contributed by atoms with Crippen LogP contribution in [-0.4, -0.2) is 32.4 Å². The zero-order valence-corrected chi connectivity index (χ0v) is 11.3. The zero-order chi connectivity index (χ0) is 13.4. The smallest absolute Gasteiger partial charge is 0.128 e. The lowest BCUT2D eigenvalue weighted by molar-refractivity contribution is -0.0119. The standard InChI is InChI=1S/C14H22FNO2/c1-11(2)16-8-13(10-17-3)18-9-12-6-4-5-7-14(12)15/h4-7,11,13,16H,8-10H2,1-3H3. The molecule has 0 bridgehead atoms. The summed E-state index contributed by atoms with van der Waals surface area (Å²) in [5, 5.41) is 3.28. The maximum atomic E-state index is 13.4. The molecule has 4 heteroatoms. The Labute approximate surface area is 108 Å². The van der Waals surface area contributed by atoms with Crippen LogP contribution in [0.25, 0.3) is 0 Å². The van der Waals surface area contributed by atoms with Gasteiger partial charge in [-0.25, -0.2) is 4.39 Å². The SMILES string of the molecule is COCC(CNC(C)C)OCc1ccccc1F. The van der Waals surface area contributed by atoms with Crippen molar-refractivity contribution < 1.29 is 13.9 Å². The van der Waals surface area contributed by atoms with E-state index < -0.39 is 0 Å². The van der Waals surface area contributed by atoms with Crippen LogP contribution in [0.1, 0.15) is 19.4 Å². The molecule has 1 aromatic rings. The molecule has 0 amide bonds. The summed E-state index contributed by atoms with van der Waals surface area (Å²) in [6, 6.07) is 7.04. The molecule has 0 aliphatic heterocycles. The molecule has 102 valence electrons. The number of benzene rings is 1. The van der Waals surface area contributed by atoms with Gasteiger partial charge in [0.2, 0.25) is 0 Å². The first-order valence-corrected chi connectivity index (χ1v) is 6.20. The van der Waals surface area contributed by atoms with E-state index in [1.54, 1.807) is 25.3 Å². The first-order valence-electron chi connectivity index (χ1n) is 6.20. The average molecular weight is 255 g/mol. The Morgan fingerprint density at radius 3 is 2.61 bits per heavy atom. The van der Waals surface area contributed by atoms with Gasteiger partial charge in [0.1, 0.15) is 5.82 Å². The molecule has 0 fully saturated rings. The fraction of sp³-hybridized carbons (Fsp3) is 0.571. The van der Waals surface area contributed by atoms with Crippen LogP contribution in [0, 0.1) is 5.82 Å². The Morgan fingerprint density at radius 1 is 1.28 bits per heavy atom. The Bertz CT molecular complexity index is 344. The fourth-order valence-electron chi connectivity index (χ4n) is 1.54. The molecule has 1 N–H and O–H groups in total. The van der Waals surface area contributed by atoms with Crippen molar-refractivity contribution in [3.63, 3.8) is 0 Å². The van der Waals surface area contributed by atoms with Crippen molar-refractivity contribution in [1.82, 2.24) is 5.32 Å². The fourth-order valence-corrected chi connectivity index (χ4v) is 1.54. The lowest BCUT2D eigenvalue weighted by Crippen LogP contribution is -2.36. The zero-order valence-electron chi connectivity index (χ0n) is 11.3. The Balaban J connectivity index is 2.44. The maximum Gasteiger partial charge on any atom is 0.128 e. The van der Waals surface area contributed by atoms with E-state index in [1.165, 1.54) is 6.07 Å². The number of ether oxygens (including phenoxy) is 2. The van der Waals surface area contributed by atoms with Crippen LogP contribution in [0.4, 0.5) is 4.39 Å². The third-order valence-electron chi connectivity index (χ3n) is 2.54. The van der Waals surface area contributed by atoms with Crippen molar-refractivity contribution >= 4 is 0 Å². The van der Waals surface area contributed by atoms with Gasteiger partial charge in [-0.15, -0.1) is 0 Å². The lowest BCUT2D eigenvalue weighted by atomic mass is 10.2. The molecule has 18 heavy (non-hydrogen) atoms. The monoisotopic (exact) mass is 255 g/mol. The molecule has 0 aliphatic rings. The molecule has 0 saturated heterocycles. The number of rotatable bonds is 8. The van der Waals surface area contributed by atoms with E-state index in [4.69, 9.17) is 9.47 Å². The maximum absolute atomic E-state index is 13.4. The first-order chi connectivity index (χ1) is 8.63. The summed E-state index contributed by atoms with van der Waals surface area (Å²) < 4.78 is 24.2. The molecule has 1 unspecified atom stereocenters. The second kappa shape index (κ2) is 8.19. The summed E-state index contributed by atoms with van der Waals surface area (Å²) in [7, 11) is 1.63. The van der Waals surface area contributed by atoms with Gasteiger partial charge in [-0.05, 0) is 6.07 Å². The lowest BCUT2D eigenvalue weighted by Gasteiger charge is -2.19. The van der Waals surface area contributed by atoms with Gasteiger partial charge in [0.15, 0.2) is 0 Å². The molecule has 0 aliphatic carbocycles. The minimum Gasteiger partial charge on any atom is -0.382 e. The highest BCUT2D eigenvalue weighted by Crippen LogP contribution is 2.09. The summed E-state index contributed by atoms with van der Waals surface area (Å²) >= 11 is 0. The molecule has 0 radical (unpaired) electrons. The van der Waals surface area contributed by atoms with E-state index in [0.29, 0.717) is 24.8 Å². The summed E-state index contributed by atoms with van der Waals surface area (Å²) in [6.07, 6.45) is -0.0722. The van der Waals surface area contributed by atoms with Crippen LogP contribution in [0.15, 0.2) is 24.3 Å². The van der Waals surface area contributed by atoms with Crippen molar-refractivity contribution in [2.24, 2.45) is 0 Å². The van der Waals surface area contributed by atoms with Gasteiger partial charge in [0, 0.05) is 25.3 Å². The third kappa shape index (κ3) is 5.58. The van der Waals surface area contributed by atoms with Crippen LogP contribution in [-0.2, 0) is 16.1 Å². The third-order valence-corrected chi connectivity index (χ3v) is 2.54. The van der Waals surface area contributed by atoms with Crippen LogP contribution >= 0.6 is 0 Å². The molecular formula is C14H22FNO2. The van der Waals surface area contributed by atoms with Crippen LogP contribution < -0.4 is 5.32 Å². The molecule has 0 aromatic heterocycles. The summed E-state index contributed by atoms with van der Waals surface area (Å²) in [5.41, 5.74) is 0.572. The summed E-state index contributed by atoms with van der Waals surface area (Å²) in [6.45, 7) is 5.59. The minimum atomic E-state index is -0.231. The summed E-state index contributed by atoms with van der Waals surface area (Å²) in [5.74, 6) is -0.231. The van der Waals surface area contributed by atoms with Crippen LogP contribution in [0.5, 0.6) is 0 Å². The molecular weight excluding hydrogens is 233 g/mol. The van der Waals surface area contributed by atoms with Crippen molar-refractivity contribution in [1.29, 1.82) is 0 Å². The van der Waals surface area contributed by atoms with Gasteiger partial charge < -0.3 is 14.8 Å². The highest BCUT2D eigenvalue weighted by Gasteiger charge is 2.11. The molecule has 0 heterocycles. The van der Waals surface area contributed by atoms with Crippen molar-refractivity contribution in [3.05, 3.63) is 35.6 Å².